The first-order valence-corrected chi connectivity index (χ1v) is 8.94. The number of para-hydroxylation sites is 2. The number of carbonyl (C=O) groups is 1. The quantitative estimate of drug-likeness (QED) is 0.663. The van der Waals surface area contributed by atoms with Gasteiger partial charge in [-0.1, -0.05) is 55.1 Å². The molecule has 0 spiro atoms. The van der Waals surface area contributed by atoms with Crippen LogP contribution >= 0.6 is 11.8 Å². The Bertz CT molecular complexity index is 849. The lowest BCUT2D eigenvalue weighted by atomic mass is 10.1. The van der Waals surface area contributed by atoms with E-state index in [0.717, 1.165) is 28.0 Å². The molecule has 1 amide bonds. The van der Waals surface area contributed by atoms with Gasteiger partial charge in [0.1, 0.15) is 0 Å². The van der Waals surface area contributed by atoms with Crippen molar-refractivity contribution in [2.45, 2.75) is 30.5 Å². The first-order valence-electron chi connectivity index (χ1n) is 8.06. The van der Waals surface area contributed by atoms with Gasteiger partial charge in [-0.3, -0.25) is 4.79 Å². The van der Waals surface area contributed by atoms with E-state index in [1.807, 2.05) is 55.5 Å². The Morgan fingerprint density at radius 3 is 2.58 bits per heavy atom. The Balaban J connectivity index is 1.79. The summed E-state index contributed by atoms with van der Waals surface area (Å²) in [6, 6.07) is 19.7. The third-order valence-corrected chi connectivity index (χ3v) is 5.15. The molecule has 24 heavy (non-hydrogen) atoms. The molecule has 3 aromatic rings. The maximum Gasteiger partial charge on any atom is 0.237 e. The molecule has 122 valence electrons. The van der Waals surface area contributed by atoms with Crippen molar-refractivity contribution in [1.29, 1.82) is 0 Å². The van der Waals surface area contributed by atoms with Crippen molar-refractivity contribution in [1.82, 2.24) is 4.98 Å². The van der Waals surface area contributed by atoms with Crippen LogP contribution in [0, 0.1) is 6.92 Å². The Labute approximate surface area is 146 Å². The number of hydrogen-bond acceptors (Lipinski definition) is 3. The predicted octanol–water partition coefficient (Wildman–Crippen LogP) is 5.05. The van der Waals surface area contributed by atoms with E-state index in [0.29, 0.717) is 0 Å². The standard InChI is InChI=1S/C20H20N2OS/c1-3-18(20(23)21-15-9-5-4-6-10-15)24-19-13-14(2)16-11-7-8-12-17(16)22-19/h4-13,18H,3H2,1-2H3,(H,21,23). The number of aryl methyl sites for hydroxylation is 1. The average molecular weight is 336 g/mol. The van der Waals surface area contributed by atoms with Gasteiger partial charge in [0.15, 0.2) is 0 Å². The number of nitrogens with zero attached hydrogens (tertiary/aromatic N) is 1. The molecule has 3 nitrogen and oxygen atoms in total. The maximum absolute atomic E-state index is 12.5. The van der Waals surface area contributed by atoms with Crippen molar-refractivity contribution in [2.24, 2.45) is 0 Å². The van der Waals surface area contributed by atoms with Crippen LogP contribution in [0.3, 0.4) is 0 Å². The van der Waals surface area contributed by atoms with Gasteiger partial charge in [0, 0.05) is 11.1 Å². The summed E-state index contributed by atoms with van der Waals surface area (Å²) in [6.07, 6.45) is 0.747. The van der Waals surface area contributed by atoms with Gasteiger partial charge in [-0.05, 0) is 43.2 Å². The van der Waals surface area contributed by atoms with Gasteiger partial charge in [0.25, 0.3) is 0 Å². The van der Waals surface area contributed by atoms with Crippen LogP contribution in [0.1, 0.15) is 18.9 Å². The molecule has 0 saturated carbocycles. The third-order valence-electron chi connectivity index (χ3n) is 3.87. The smallest absolute Gasteiger partial charge is 0.237 e. The molecule has 0 saturated heterocycles. The Hall–Kier alpha value is -2.33. The number of nitrogens with one attached hydrogen (secondary N) is 1. The van der Waals surface area contributed by atoms with Gasteiger partial charge in [-0.2, -0.15) is 0 Å². The summed E-state index contributed by atoms with van der Waals surface area (Å²) in [5, 5.41) is 4.86. The second kappa shape index (κ2) is 7.49. The highest BCUT2D eigenvalue weighted by Gasteiger charge is 2.19. The molecule has 1 aromatic heterocycles. The molecule has 1 unspecified atom stereocenters. The van der Waals surface area contributed by atoms with E-state index >= 15 is 0 Å². The number of amides is 1. The van der Waals surface area contributed by atoms with E-state index in [9.17, 15) is 4.79 Å². The predicted molar refractivity (Wildman–Crippen MR) is 101 cm³/mol. The zero-order valence-electron chi connectivity index (χ0n) is 13.8. The number of benzene rings is 2. The minimum Gasteiger partial charge on any atom is -0.325 e. The van der Waals surface area contributed by atoms with E-state index < -0.39 is 0 Å². The van der Waals surface area contributed by atoms with Gasteiger partial charge >= 0.3 is 0 Å². The molecule has 0 aliphatic heterocycles. The lowest BCUT2D eigenvalue weighted by Crippen LogP contribution is -2.24. The summed E-state index contributed by atoms with van der Waals surface area (Å²) in [4.78, 5) is 17.2. The van der Waals surface area contributed by atoms with Crippen molar-refractivity contribution >= 4 is 34.3 Å². The fourth-order valence-corrected chi connectivity index (χ4v) is 3.61. The summed E-state index contributed by atoms with van der Waals surface area (Å²) < 4.78 is 0. The number of thioether (sulfide) groups is 1. The van der Waals surface area contributed by atoms with E-state index in [1.54, 1.807) is 0 Å². The summed E-state index contributed by atoms with van der Waals surface area (Å²) in [5.41, 5.74) is 2.98. The molecule has 0 aliphatic rings. The molecule has 1 N–H and O–H groups in total. The zero-order valence-corrected chi connectivity index (χ0v) is 14.6. The topological polar surface area (TPSA) is 42.0 Å². The van der Waals surface area contributed by atoms with Gasteiger partial charge in [-0.15, -0.1) is 0 Å². The molecule has 3 rings (SSSR count). The van der Waals surface area contributed by atoms with Crippen LogP contribution in [-0.4, -0.2) is 16.1 Å². The van der Waals surface area contributed by atoms with Crippen LogP contribution < -0.4 is 5.32 Å². The van der Waals surface area contributed by atoms with E-state index in [-0.39, 0.29) is 11.2 Å². The van der Waals surface area contributed by atoms with Crippen LogP contribution in [0.25, 0.3) is 10.9 Å². The number of pyridine rings is 1. The second-order valence-corrected chi connectivity index (χ2v) is 6.89. The average Bonchev–Trinajstić information content (AvgIpc) is 2.60. The number of rotatable bonds is 5. The van der Waals surface area contributed by atoms with Gasteiger partial charge in [0.05, 0.1) is 15.8 Å². The molecule has 0 fully saturated rings. The molecule has 2 aromatic carbocycles. The summed E-state index contributed by atoms with van der Waals surface area (Å²) >= 11 is 1.52. The number of hydrogen-bond donors (Lipinski definition) is 1. The highest BCUT2D eigenvalue weighted by Crippen LogP contribution is 2.28. The summed E-state index contributed by atoms with van der Waals surface area (Å²) in [5.74, 6) is 0.0151. The van der Waals surface area contributed by atoms with Crippen LogP contribution in [0.15, 0.2) is 65.7 Å². The molecule has 0 radical (unpaired) electrons. The molecule has 4 heteroatoms. The van der Waals surface area contributed by atoms with E-state index in [2.05, 4.69) is 24.4 Å². The molecular weight excluding hydrogens is 316 g/mol. The highest BCUT2D eigenvalue weighted by molar-refractivity contribution is 8.00. The number of fused-ring (bicyclic) bond motifs is 1. The van der Waals surface area contributed by atoms with Crippen molar-refractivity contribution in [2.75, 3.05) is 5.32 Å². The summed E-state index contributed by atoms with van der Waals surface area (Å²) in [6.45, 7) is 4.11. The van der Waals surface area contributed by atoms with Gasteiger partial charge < -0.3 is 5.32 Å². The minimum atomic E-state index is -0.168. The molecule has 1 heterocycles. The van der Waals surface area contributed by atoms with Crippen molar-refractivity contribution in [3.8, 4) is 0 Å². The third kappa shape index (κ3) is 3.77. The van der Waals surface area contributed by atoms with Crippen LogP contribution in [0.4, 0.5) is 5.69 Å². The molecule has 0 bridgehead atoms. The molecule has 1 atom stereocenters. The first-order chi connectivity index (χ1) is 11.7. The second-order valence-electron chi connectivity index (χ2n) is 5.66. The maximum atomic E-state index is 12.5. The van der Waals surface area contributed by atoms with E-state index in [1.165, 1.54) is 17.3 Å². The lowest BCUT2D eigenvalue weighted by molar-refractivity contribution is -0.115. The number of anilines is 1. The van der Waals surface area contributed by atoms with E-state index in [4.69, 9.17) is 4.98 Å². The first kappa shape index (κ1) is 16.5. The Morgan fingerprint density at radius 1 is 1.12 bits per heavy atom. The monoisotopic (exact) mass is 336 g/mol. The minimum absolute atomic E-state index is 0.0151. The van der Waals surface area contributed by atoms with Crippen molar-refractivity contribution in [3.63, 3.8) is 0 Å². The number of carbonyl (C=O) groups excluding carboxylic acids is 1. The molecule has 0 aliphatic carbocycles. The zero-order chi connectivity index (χ0) is 16.9. The molecular formula is C20H20N2OS. The lowest BCUT2D eigenvalue weighted by Gasteiger charge is -2.15. The summed E-state index contributed by atoms with van der Waals surface area (Å²) in [7, 11) is 0. The number of aromatic nitrogens is 1. The SMILES string of the molecule is CCC(Sc1cc(C)c2ccccc2n1)C(=O)Nc1ccccc1. The Morgan fingerprint density at radius 2 is 1.83 bits per heavy atom. The normalized spacial score (nSPS) is 12.1. The Kier molecular flexibility index (Phi) is 5.16. The van der Waals surface area contributed by atoms with Crippen LogP contribution in [-0.2, 0) is 4.79 Å². The highest BCUT2D eigenvalue weighted by atomic mass is 32.2. The largest absolute Gasteiger partial charge is 0.325 e. The van der Waals surface area contributed by atoms with Crippen LogP contribution in [0.2, 0.25) is 0 Å². The van der Waals surface area contributed by atoms with Gasteiger partial charge in [0.2, 0.25) is 5.91 Å². The van der Waals surface area contributed by atoms with Crippen LogP contribution in [0.5, 0.6) is 0 Å². The fourth-order valence-electron chi connectivity index (χ4n) is 2.59. The fraction of sp³-hybridized carbons (Fsp3) is 0.200. The van der Waals surface area contributed by atoms with Crippen molar-refractivity contribution < 1.29 is 4.79 Å². The van der Waals surface area contributed by atoms with Gasteiger partial charge in [-0.25, -0.2) is 4.98 Å². The van der Waals surface area contributed by atoms with Crippen molar-refractivity contribution in [3.05, 3.63) is 66.2 Å².